The lowest BCUT2D eigenvalue weighted by Crippen LogP contribution is -2.47. The van der Waals surface area contributed by atoms with E-state index in [1.54, 1.807) is 12.3 Å². The largest absolute Gasteiger partial charge is 0.352 e. The van der Waals surface area contributed by atoms with Crippen LogP contribution in [-0.2, 0) is 9.84 Å². The van der Waals surface area contributed by atoms with E-state index in [2.05, 4.69) is 9.97 Å². The average molecular weight is 262 g/mol. The van der Waals surface area contributed by atoms with Crippen molar-refractivity contribution in [1.29, 1.82) is 0 Å². The van der Waals surface area contributed by atoms with Crippen LogP contribution in [0.5, 0.6) is 0 Å². The van der Waals surface area contributed by atoms with E-state index in [4.69, 9.17) is 11.6 Å². The molecule has 5 nitrogen and oxygen atoms in total. The summed E-state index contributed by atoms with van der Waals surface area (Å²) in [6.07, 6.45) is 1.57. The van der Waals surface area contributed by atoms with Gasteiger partial charge in [0.15, 0.2) is 9.84 Å². The van der Waals surface area contributed by atoms with Crippen LogP contribution >= 0.6 is 11.6 Å². The SMILES string of the molecule is CC1CS(=O)(=O)CCN1c1ccnc(Cl)n1. The third-order valence-electron chi connectivity index (χ3n) is 2.58. The fourth-order valence-corrected chi connectivity index (χ4v) is 3.52. The molecule has 7 heteroatoms. The highest BCUT2D eigenvalue weighted by Gasteiger charge is 2.28. The quantitative estimate of drug-likeness (QED) is 0.698. The molecule has 0 aromatic carbocycles. The van der Waals surface area contributed by atoms with Crippen molar-refractivity contribution in [3.8, 4) is 0 Å². The topological polar surface area (TPSA) is 63.2 Å². The van der Waals surface area contributed by atoms with E-state index in [1.807, 2.05) is 11.8 Å². The standard InChI is InChI=1S/C9H12ClN3O2S/c1-7-6-16(14,15)5-4-13(7)8-2-3-11-9(10)12-8/h2-3,7H,4-6H2,1H3. The van der Waals surface area contributed by atoms with Crippen LogP contribution < -0.4 is 4.90 Å². The highest BCUT2D eigenvalue weighted by molar-refractivity contribution is 7.91. The predicted molar refractivity (Wildman–Crippen MR) is 62.5 cm³/mol. The molecule has 1 fully saturated rings. The number of nitrogens with zero attached hydrogens (tertiary/aromatic N) is 3. The molecule has 16 heavy (non-hydrogen) atoms. The van der Waals surface area contributed by atoms with Crippen molar-refractivity contribution in [2.75, 3.05) is 23.0 Å². The molecule has 0 saturated carbocycles. The molecule has 1 aliphatic heterocycles. The second kappa shape index (κ2) is 4.18. The molecule has 1 saturated heterocycles. The molecule has 88 valence electrons. The number of halogens is 1. The summed E-state index contributed by atoms with van der Waals surface area (Å²) in [4.78, 5) is 9.82. The van der Waals surface area contributed by atoms with Crippen LogP contribution in [0.15, 0.2) is 12.3 Å². The first-order valence-electron chi connectivity index (χ1n) is 4.93. The van der Waals surface area contributed by atoms with Crippen LogP contribution in [0.3, 0.4) is 0 Å². The Labute approximate surface area is 99.4 Å². The predicted octanol–water partition coefficient (Wildman–Crippen LogP) is 0.753. The van der Waals surface area contributed by atoms with Crippen molar-refractivity contribution >= 4 is 27.3 Å². The summed E-state index contributed by atoms with van der Waals surface area (Å²) in [5, 5.41) is 0.179. The van der Waals surface area contributed by atoms with Crippen molar-refractivity contribution in [3.05, 3.63) is 17.5 Å². The van der Waals surface area contributed by atoms with Gasteiger partial charge in [-0.3, -0.25) is 0 Å². The third-order valence-corrected chi connectivity index (χ3v) is 4.55. The van der Waals surface area contributed by atoms with Gasteiger partial charge in [-0.15, -0.1) is 0 Å². The number of rotatable bonds is 1. The van der Waals surface area contributed by atoms with Gasteiger partial charge in [0.25, 0.3) is 0 Å². The molecule has 1 atom stereocenters. The molecule has 2 heterocycles. The summed E-state index contributed by atoms with van der Waals surface area (Å²) >= 11 is 5.70. The first-order valence-corrected chi connectivity index (χ1v) is 7.13. The fourth-order valence-electron chi connectivity index (χ4n) is 1.83. The van der Waals surface area contributed by atoms with Gasteiger partial charge in [0, 0.05) is 18.8 Å². The van der Waals surface area contributed by atoms with Gasteiger partial charge < -0.3 is 4.90 Å². The summed E-state index contributed by atoms with van der Waals surface area (Å²) < 4.78 is 22.8. The Morgan fingerprint density at radius 3 is 2.94 bits per heavy atom. The van der Waals surface area contributed by atoms with Crippen molar-refractivity contribution in [3.63, 3.8) is 0 Å². The van der Waals surface area contributed by atoms with Crippen molar-refractivity contribution in [1.82, 2.24) is 9.97 Å². The second-order valence-corrected chi connectivity index (χ2v) is 6.41. The van der Waals surface area contributed by atoms with Gasteiger partial charge in [-0.05, 0) is 24.6 Å². The second-order valence-electron chi connectivity index (χ2n) is 3.84. The molecule has 2 rings (SSSR count). The Morgan fingerprint density at radius 1 is 1.56 bits per heavy atom. The van der Waals surface area contributed by atoms with E-state index in [-0.39, 0.29) is 22.8 Å². The van der Waals surface area contributed by atoms with E-state index in [9.17, 15) is 8.42 Å². The number of hydrogen-bond acceptors (Lipinski definition) is 5. The van der Waals surface area contributed by atoms with Gasteiger partial charge >= 0.3 is 0 Å². The van der Waals surface area contributed by atoms with Crippen LogP contribution in [-0.4, -0.2) is 42.5 Å². The maximum atomic E-state index is 11.4. The summed E-state index contributed by atoms with van der Waals surface area (Å²) in [7, 11) is -2.90. The van der Waals surface area contributed by atoms with Crippen LogP contribution in [0, 0.1) is 0 Å². The number of sulfone groups is 1. The van der Waals surface area contributed by atoms with E-state index in [0.717, 1.165) is 0 Å². The minimum atomic E-state index is -2.90. The highest BCUT2D eigenvalue weighted by atomic mass is 35.5. The maximum absolute atomic E-state index is 11.4. The number of anilines is 1. The summed E-state index contributed by atoms with van der Waals surface area (Å²) in [6, 6.07) is 1.66. The number of hydrogen-bond donors (Lipinski definition) is 0. The zero-order valence-electron chi connectivity index (χ0n) is 8.80. The smallest absolute Gasteiger partial charge is 0.224 e. The summed E-state index contributed by atoms with van der Waals surface area (Å²) in [6.45, 7) is 2.32. The molecule has 1 aromatic rings. The minimum Gasteiger partial charge on any atom is -0.352 e. The van der Waals surface area contributed by atoms with Gasteiger partial charge in [0.2, 0.25) is 5.28 Å². The minimum absolute atomic E-state index is 0.0790. The Morgan fingerprint density at radius 2 is 2.31 bits per heavy atom. The Kier molecular flexibility index (Phi) is 3.03. The molecule has 0 bridgehead atoms. The molecular weight excluding hydrogens is 250 g/mol. The molecule has 0 amide bonds. The fraction of sp³-hybridized carbons (Fsp3) is 0.556. The molecule has 0 spiro atoms. The van der Waals surface area contributed by atoms with E-state index < -0.39 is 9.84 Å². The van der Waals surface area contributed by atoms with Gasteiger partial charge in [-0.25, -0.2) is 18.4 Å². The molecule has 0 radical (unpaired) electrons. The normalized spacial score (nSPS) is 24.4. The first kappa shape index (κ1) is 11.6. The maximum Gasteiger partial charge on any atom is 0.224 e. The monoisotopic (exact) mass is 261 g/mol. The Hall–Kier alpha value is -0.880. The van der Waals surface area contributed by atoms with Crippen molar-refractivity contribution in [2.24, 2.45) is 0 Å². The van der Waals surface area contributed by atoms with Gasteiger partial charge in [0.1, 0.15) is 5.82 Å². The molecule has 0 N–H and O–H groups in total. The third kappa shape index (κ3) is 2.44. The average Bonchev–Trinajstić information content (AvgIpc) is 2.15. The van der Waals surface area contributed by atoms with E-state index in [1.165, 1.54) is 0 Å². The first-order chi connectivity index (χ1) is 7.48. The Balaban J connectivity index is 2.24. The summed E-state index contributed by atoms with van der Waals surface area (Å²) in [5.41, 5.74) is 0. The van der Waals surface area contributed by atoms with E-state index in [0.29, 0.717) is 12.4 Å². The lowest BCUT2D eigenvalue weighted by molar-refractivity contribution is 0.566. The van der Waals surface area contributed by atoms with E-state index >= 15 is 0 Å². The van der Waals surface area contributed by atoms with Gasteiger partial charge in [-0.2, -0.15) is 0 Å². The zero-order chi connectivity index (χ0) is 11.8. The van der Waals surface area contributed by atoms with Crippen molar-refractivity contribution in [2.45, 2.75) is 13.0 Å². The lowest BCUT2D eigenvalue weighted by atomic mass is 10.3. The van der Waals surface area contributed by atoms with Crippen LogP contribution in [0.25, 0.3) is 0 Å². The summed E-state index contributed by atoms with van der Waals surface area (Å²) in [5.74, 6) is 1.01. The lowest BCUT2D eigenvalue weighted by Gasteiger charge is -2.33. The molecule has 1 aliphatic rings. The number of aromatic nitrogens is 2. The van der Waals surface area contributed by atoms with Crippen LogP contribution in [0.2, 0.25) is 5.28 Å². The highest BCUT2D eigenvalue weighted by Crippen LogP contribution is 2.19. The Bertz CT molecular complexity index is 491. The van der Waals surface area contributed by atoms with Crippen LogP contribution in [0.4, 0.5) is 5.82 Å². The molecular formula is C9H12ClN3O2S. The van der Waals surface area contributed by atoms with Gasteiger partial charge in [-0.1, -0.05) is 0 Å². The van der Waals surface area contributed by atoms with Crippen LogP contribution in [0.1, 0.15) is 6.92 Å². The van der Waals surface area contributed by atoms with Gasteiger partial charge in [0.05, 0.1) is 11.5 Å². The molecule has 0 aliphatic carbocycles. The molecule has 1 aromatic heterocycles. The molecule has 1 unspecified atom stereocenters. The van der Waals surface area contributed by atoms with Crippen molar-refractivity contribution < 1.29 is 8.42 Å². The zero-order valence-corrected chi connectivity index (χ0v) is 10.4.